The summed E-state index contributed by atoms with van der Waals surface area (Å²) in [5.41, 5.74) is 11.8. The minimum absolute atomic E-state index is 0.442. The highest BCUT2D eigenvalue weighted by molar-refractivity contribution is 6.22. The van der Waals surface area contributed by atoms with Crippen LogP contribution in [-0.2, 0) is 0 Å². The van der Waals surface area contributed by atoms with Crippen LogP contribution in [0, 0.1) is 36.5 Å². The third kappa shape index (κ3) is 4.27. The molecule has 0 radical (unpaired) electrons. The van der Waals surface area contributed by atoms with Crippen molar-refractivity contribution in [2.24, 2.45) is 0 Å². The standard InChI is InChI=1S/C50H31N5/c1-30-15-20-44-38(25-30)39-26-31(2)16-21-45(39)55(44)50-33(28-51)18-22-47(41(50)29-52)54-46-24-19-34(27-40(46)49-35-10-4-3-9-32(35)17-23-48(49)54)53-42-13-7-5-11-36(42)37-12-6-8-14-43(37)53/h3-27H,1-2H3. The molecule has 0 atom stereocenters. The van der Waals surface area contributed by atoms with Crippen LogP contribution < -0.4 is 0 Å². The molecule has 0 aliphatic carbocycles. The number of nitrogens with zero attached hydrogens (tertiary/aromatic N) is 5. The van der Waals surface area contributed by atoms with Crippen molar-refractivity contribution >= 4 is 76.2 Å². The van der Waals surface area contributed by atoms with Gasteiger partial charge in [0.05, 0.1) is 50.0 Å². The average Bonchev–Trinajstić information content (AvgIpc) is 3.85. The molecule has 5 heteroatoms. The van der Waals surface area contributed by atoms with Crippen LogP contribution in [0.4, 0.5) is 0 Å². The molecule has 0 amide bonds. The zero-order valence-corrected chi connectivity index (χ0v) is 30.2. The van der Waals surface area contributed by atoms with Crippen LogP contribution in [0.25, 0.3) is 93.3 Å². The summed E-state index contributed by atoms with van der Waals surface area (Å²) in [6.07, 6.45) is 0. The summed E-state index contributed by atoms with van der Waals surface area (Å²) in [4.78, 5) is 0. The Balaban J connectivity index is 1.26. The molecule has 0 aliphatic heterocycles. The van der Waals surface area contributed by atoms with Crippen molar-refractivity contribution in [3.63, 3.8) is 0 Å². The lowest BCUT2D eigenvalue weighted by Crippen LogP contribution is -2.06. The quantitative estimate of drug-likeness (QED) is 0.184. The summed E-state index contributed by atoms with van der Waals surface area (Å²) in [5, 5.41) is 31.0. The van der Waals surface area contributed by atoms with E-state index in [1.165, 1.54) is 10.8 Å². The second kappa shape index (κ2) is 11.4. The van der Waals surface area contributed by atoms with Crippen LogP contribution in [0.1, 0.15) is 22.3 Å². The molecule has 11 rings (SSSR count). The van der Waals surface area contributed by atoms with E-state index in [2.05, 4.69) is 179 Å². The second-order valence-electron chi connectivity index (χ2n) is 14.5. The van der Waals surface area contributed by atoms with Crippen LogP contribution in [-0.4, -0.2) is 13.7 Å². The minimum Gasteiger partial charge on any atom is -0.309 e. The number of benzene rings is 8. The molecule has 8 aromatic carbocycles. The maximum Gasteiger partial charge on any atom is 0.104 e. The molecule has 0 saturated carbocycles. The monoisotopic (exact) mass is 701 g/mol. The summed E-state index contributed by atoms with van der Waals surface area (Å²) in [7, 11) is 0. The SMILES string of the molecule is Cc1ccc2c(c1)c1cc(C)ccc1n2-c1c(C#N)ccc(-n2c3ccc(-n4c5ccccc5c5ccccc54)cc3c3c4ccccc4ccc32)c1C#N. The van der Waals surface area contributed by atoms with Crippen LogP contribution in [0.15, 0.2) is 152 Å². The Morgan fingerprint density at radius 1 is 0.418 bits per heavy atom. The molecule has 256 valence electrons. The van der Waals surface area contributed by atoms with E-state index in [0.717, 1.165) is 87.9 Å². The highest BCUT2D eigenvalue weighted by Crippen LogP contribution is 2.42. The number of para-hydroxylation sites is 2. The lowest BCUT2D eigenvalue weighted by Gasteiger charge is -2.17. The third-order valence-corrected chi connectivity index (χ3v) is 11.4. The Morgan fingerprint density at radius 2 is 0.982 bits per heavy atom. The number of fused-ring (bicyclic) bond motifs is 11. The summed E-state index contributed by atoms with van der Waals surface area (Å²) in [5.74, 6) is 0. The van der Waals surface area contributed by atoms with Crippen molar-refractivity contribution in [1.82, 2.24) is 13.7 Å². The molecule has 5 nitrogen and oxygen atoms in total. The van der Waals surface area contributed by atoms with Gasteiger partial charge in [-0.3, -0.25) is 0 Å². The number of hydrogen-bond acceptors (Lipinski definition) is 2. The first-order chi connectivity index (χ1) is 27.0. The van der Waals surface area contributed by atoms with Crippen molar-refractivity contribution in [2.75, 3.05) is 0 Å². The molecule has 0 bridgehead atoms. The van der Waals surface area contributed by atoms with Gasteiger partial charge in [-0.05, 0) is 97.4 Å². The Bertz CT molecular complexity index is 3430. The maximum absolute atomic E-state index is 11.2. The van der Waals surface area contributed by atoms with Crippen molar-refractivity contribution in [3.8, 4) is 29.2 Å². The lowest BCUT2D eigenvalue weighted by molar-refractivity contribution is 1.11. The van der Waals surface area contributed by atoms with Gasteiger partial charge in [0.25, 0.3) is 0 Å². The Kier molecular flexibility index (Phi) is 6.45. The Labute approximate surface area is 316 Å². The van der Waals surface area contributed by atoms with E-state index in [1.807, 2.05) is 12.1 Å². The summed E-state index contributed by atoms with van der Waals surface area (Å²) in [6.45, 7) is 4.19. The number of hydrogen-bond donors (Lipinski definition) is 0. The van der Waals surface area contributed by atoms with Crippen molar-refractivity contribution in [1.29, 1.82) is 10.5 Å². The van der Waals surface area contributed by atoms with E-state index in [1.54, 1.807) is 0 Å². The van der Waals surface area contributed by atoms with Gasteiger partial charge >= 0.3 is 0 Å². The van der Waals surface area contributed by atoms with Gasteiger partial charge in [0.1, 0.15) is 17.7 Å². The molecule has 55 heavy (non-hydrogen) atoms. The van der Waals surface area contributed by atoms with Crippen molar-refractivity contribution in [2.45, 2.75) is 13.8 Å². The summed E-state index contributed by atoms with van der Waals surface area (Å²) < 4.78 is 6.69. The number of aromatic nitrogens is 3. The van der Waals surface area contributed by atoms with Gasteiger partial charge in [-0.25, -0.2) is 0 Å². The first-order valence-electron chi connectivity index (χ1n) is 18.5. The van der Waals surface area contributed by atoms with Gasteiger partial charge in [-0.2, -0.15) is 10.5 Å². The highest BCUT2D eigenvalue weighted by Gasteiger charge is 2.25. The van der Waals surface area contributed by atoms with Crippen LogP contribution >= 0.6 is 0 Å². The maximum atomic E-state index is 11.2. The largest absolute Gasteiger partial charge is 0.309 e. The fraction of sp³-hybridized carbons (Fsp3) is 0.0400. The predicted molar refractivity (Wildman–Crippen MR) is 226 cm³/mol. The normalized spacial score (nSPS) is 11.8. The first kappa shape index (κ1) is 31.0. The molecule has 3 aromatic heterocycles. The molecule has 0 N–H and O–H groups in total. The van der Waals surface area contributed by atoms with Gasteiger partial charge in [-0.15, -0.1) is 0 Å². The van der Waals surface area contributed by atoms with Crippen molar-refractivity contribution < 1.29 is 0 Å². The Morgan fingerprint density at radius 3 is 1.64 bits per heavy atom. The smallest absolute Gasteiger partial charge is 0.104 e. The molecule has 0 spiro atoms. The van der Waals surface area contributed by atoms with E-state index in [0.29, 0.717) is 16.8 Å². The molecule has 3 heterocycles. The summed E-state index contributed by atoms with van der Waals surface area (Å²) in [6, 6.07) is 58.3. The van der Waals surface area contributed by atoms with E-state index in [9.17, 15) is 10.5 Å². The predicted octanol–water partition coefficient (Wildman–Crippen LogP) is 12.5. The van der Waals surface area contributed by atoms with Crippen LogP contribution in [0.2, 0.25) is 0 Å². The van der Waals surface area contributed by atoms with E-state index in [4.69, 9.17) is 0 Å². The average molecular weight is 702 g/mol. The Hall–Kier alpha value is -7.60. The number of aryl methyl sites for hydroxylation is 2. The van der Waals surface area contributed by atoms with Crippen LogP contribution in [0.5, 0.6) is 0 Å². The van der Waals surface area contributed by atoms with Gasteiger partial charge in [0.2, 0.25) is 0 Å². The minimum atomic E-state index is 0.442. The van der Waals surface area contributed by atoms with E-state index >= 15 is 0 Å². The lowest BCUT2D eigenvalue weighted by atomic mass is 10.0. The molecular weight excluding hydrogens is 671 g/mol. The first-order valence-corrected chi connectivity index (χ1v) is 18.5. The number of nitriles is 2. The molecule has 0 saturated heterocycles. The van der Waals surface area contributed by atoms with Gasteiger partial charge in [0.15, 0.2) is 0 Å². The van der Waals surface area contributed by atoms with Gasteiger partial charge < -0.3 is 13.7 Å². The fourth-order valence-corrected chi connectivity index (χ4v) is 9.07. The molecule has 11 aromatic rings. The fourth-order valence-electron chi connectivity index (χ4n) is 9.07. The highest BCUT2D eigenvalue weighted by atomic mass is 15.0. The third-order valence-electron chi connectivity index (χ3n) is 11.4. The van der Waals surface area contributed by atoms with Gasteiger partial charge in [-0.1, -0.05) is 90.0 Å². The molecule has 0 aliphatic rings. The zero-order valence-electron chi connectivity index (χ0n) is 30.2. The second-order valence-corrected chi connectivity index (χ2v) is 14.5. The zero-order chi connectivity index (χ0) is 36.9. The molecule has 0 unspecified atom stereocenters. The number of rotatable bonds is 3. The van der Waals surface area contributed by atoms with E-state index < -0.39 is 0 Å². The van der Waals surface area contributed by atoms with E-state index in [-0.39, 0.29) is 0 Å². The summed E-state index contributed by atoms with van der Waals surface area (Å²) >= 11 is 0. The topological polar surface area (TPSA) is 62.4 Å². The molecular formula is C50H31N5. The van der Waals surface area contributed by atoms with Gasteiger partial charge in [0, 0.05) is 38.0 Å². The van der Waals surface area contributed by atoms with Crippen molar-refractivity contribution in [3.05, 3.63) is 174 Å². The van der Waals surface area contributed by atoms with Crippen LogP contribution in [0.3, 0.4) is 0 Å². The molecule has 0 fully saturated rings.